The lowest BCUT2D eigenvalue weighted by Gasteiger charge is -2.29. The number of rotatable bonds is 23. The summed E-state index contributed by atoms with van der Waals surface area (Å²) < 4.78 is 11.5. The van der Waals surface area contributed by atoms with Crippen LogP contribution in [0, 0.1) is 11.8 Å². The highest BCUT2D eigenvalue weighted by molar-refractivity contribution is 6.38. The molecule has 4 rings (SSSR count). The van der Waals surface area contributed by atoms with Crippen LogP contribution in [0.4, 0.5) is 4.79 Å². The third kappa shape index (κ3) is 15.6. The van der Waals surface area contributed by atoms with Gasteiger partial charge >= 0.3 is 6.09 Å². The Balaban J connectivity index is 1.47. The summed E-state index contributed by atoms with van der Waals surface area (Å²) in [5, 5.41) is 13.0. The van der Waals surface area contributed by atoms with E-state index >= 15 is 0 Å². The summed E-state index contributed by atoms with van der Waals surface area (Å²) in [6.45, 7) is 5.42. The highest BCUT2D eigenvalue weighted by atomic mass is 16.5. The summed E-state index contributed by atoms with van der Waals surface area (Å²) in [7, 11) is 0. The van der Waals surface area contributed by atoms with Crippen molar-refractivity contribution in [3.63, 3.8) is 0 Å². The highest BCUT2D eigenvalue weighted by Crippen LogP contribution is 2.25. The summed E-state index contributed by atoms with van der Waals surface area (Å²) in [5.74, 6) is -5.09. The van der Waals surface area contributed by atoms with Crippen LogP contribution in [-0.2, 0) is 49.6 Å². The van der Waals surface area contributed by atoms with Crippen LogP contribution in [0.3, 0.4) is 0 Å². The van der Waals surface area contributed by atoms with Crippen LogP contribution in [0.25, 0.3) is 0 Å². The number of Topliss-reactive ketones (excluding diaryl/α,β-unsaturated/α-hetero) is 1. The van der Waals surface area contributed by atoms with Gasteiger partial charge in [-0.3, -0.25) is 33.6 Å². The lowest BCUT2D eigenvalue weighted by atomic mass is 9.88. The van der Waals surface area contributed by atoms with E-state index in [1.165, 1.54) is 4.90 Å². The average Bonchev–Trinajstić information content (AvgIpc) is 3.71. The maximum Gasteiger partial charge on any atom is 0.407 e. The Labute approximate surface area is 363 Å². The summed E-state index contributed by atoms with van der Waals surface area (Å²) >= 11 is 0. The summed E-state index contributed by atoms with van der Waals surface area (Å²) in [5.41, 5.74) is 6.79. The molecular weight excluding hydrogens is 799 g/mol. The molecule has 338 valence electrons. The molecule has 2 aliphatic rings. The zero-order chi connectivity index (χ0) is 45.0. The van der Waals surface area contributed by atoms with Crippen molar-refractivity contribution in [3.05, 3.63) is 71.8 Å². The van der Waals surface area contributed by atoms with E-state index in [1.807, 2.05) is 44.2 Å². The lowest BCUT2D eigenvalue weighted by Crippen LogP contribution is -2.56. The number of hydrogen-bond donors (Lipinski definition) is 6. The molecule has 0 spiro atoms. The van der Waals surface area contributed by atoms with Crippen LogP contribution < -0.4 is 32.3 Å². The molecule has 2 aromatic carbocycles. The second kappa shape index (κ2) is 25.2. The van der Waals surface area contributed by atoms with Crippen LogP contribution in [-0.4, -0.2) is 103 Å². The van der Waals surface area contributed by atoms with Crippen LogP contribution in [0.15, 0.2) is 60.7 Å². The molecule has 1 aliphatic heterocycles. The number of amides is 7. The fourth-order valence-electron chi connectivity index (χ4n) is 7.52. The van der Waals surface area contributed by atoms with Gasteiger partial charge in [-0.2, -0.15) is 0 Å². The van der Waals surface area contributed by atoms with Crippen LogP contribution >= 0.6 is 0 Å². The van der Waals surface area contributed by atoms with E-state index in [0.29, 0.717) is 18.4 Å². The first-order valence-corrected chi connectivity index (χ1v) is 21.7. The topological polar surface area (TPSA) is 244 Å². The molecular formula is C45H63N7O10. The maximum absolute atomic E-state index is 14.5. The fourth-order valence-corrected chi connectivity index (χ4v) is 7.52. The molecule has 1 saturated heterocycles. The molecule has 62 heavy (non-hydrogen) atoms. The van der Waals surface area contributed by atoms with Gasteiger partial charge in [0.15, 0.2) is 0 Å². The molecule has 17 heteroatoms. The van der Waals surface area contributed by atoms with Crippen molar-refractivity contribution in [1.29, 1.82) is 0 Å². The number of hydrogen-bond acceptors (Lipinski definition) is 10. The number of carbonyl (C=O) groups excluding carboxylic acids is 8. The Morgan fingerprint density at radius 2 is 1.48 bits per heavy atom. The van der Waals surface area contributed by atoms with E-state index in [1.54, 1.807) is 37.3 Å². The van der Waals surface area contributed by atoms with E-state index in [-0.39, 0.29) is 63.3 Å². The van der Waals surface area contributed by atoms with Crippen molar-refractivity contribution < 1.29 is 47.8 Å². The SMILES string of the molecule is CCCC(NC(=O)[C@@H]1C[C@@H](OCc2ccccc2)CN1C(=O)[C@H](CCCNC(=O)C1CCCCC1)NC(=O)OCC(C)C)C(=O)C(=O)NCC(=O)N[C@H](C(N)=O)c1ccccc1. The van der Waals surface area contributed by atoms with E-state index in [9.17, 15) is 38.4 Å². The number of ketones is 1. The minimum Gasteiger partial charge on any atom is -0.449 e. The van der Waals surface area contributed by atoms with Crippen molar-refractivity contribution in [2.24, 2.45) is 17.6 Å². The van der Waals surface area contributed by atoms with Gasteiger partial charge in [-0.15, -0.1) is 0 Å². The number of nitrogens with one attached hydrogen (secondary N) is 5. The number of ether oxygens (including phenoxy) is 2. The van der Waals surface area contributed by atoms with Gasteiger partial charge in [-0.1, -0.05) is 107 Å². The first-order chi connectivity index (χ1) is 29.8. The number of primary amides is 1. The van der Waals surface area contributed by atoms with Gasteiger partial charge in [0, 0.05) is 25.4 Å². The normalized spacial score (nSPS) is 17.8. The van der Waals surface area contributed by atoms with Gasteiger partial charge in [0.25, 0.3) is 5.91 Å². The predicted molar refractivity (Wildman–Crippen MR) is 228 cm³/mol. The quantitative estimate of drug-likeness (QED) is 0.0705. The van der Waals surface area contributed by atoms with Crippen molar-refractivity contribution >= 4 is 47.3 Å². The molecule has 1 aliphatic carbocycles. The van der Waals surface area contributed by atoms with Gasteiger partial charge in [0.2, 0.25) is 35.3 Å². The third-order valence-corrected chi connectivity index (χ3v) is 10.8. The van der Waals surface area contributed by atoms with Crippen molar-refractivity contribution in [1.82, 2.24) is 31.5 Å². The Kier molecular flexibility index (Phi) is 19.8. The highest BCUT2D eigenvalue weighted by Gasteiger charge is 2.44. The second-order valence-corrected chi connectivity index (χ2v) is 16.3. The first-order valence-electron chi connectivity index (χ1n) is 21.7. The van der Waals surface area contributed by atoms with Gasteiger partial charge < -0.3 is 46.7 Å². The Hall–Kier alpha value is -5.84. The molecule has 7 amide bonds. The second-order valence-electron chi connectivity index (χ2n) is 16.3. The smallest absolute Gasteiger partial charge is 0.407 e. The number of carbonyl (C=O) groups is 8. The Bertz CT molecular complexity index is 1820. The molecule has 1 unspecified atom stereocenters. The van der Waals surface area contributed by atoms with Gasteiger partial charge in [0.1, 0.15) is 18.1 Å². The summed E-state index contributed by atoms with van der Waals surface area (Å²) in [6, 6.07) is 12.8. The van der Waals surface area contributed by atoms with Crippen LogP contribution in [0.2, 0.25) is 0 Å². The summed E-state index contributed by atoms with van der Waals surface area (Å²) in [4.78, 5) is 107. The molecule has 2 aromatic rings. The molecule has 0 aromatic heterocycles. The molecule has 0 radical (unpaired) electrons. The average molecular weight is 862 g/mol. The fraction of sp³-hybridized carbons (Fsp3) is 0.556. The zero-order valence-electron chi connectivity index (χ0n) is 36.0. The number of nitrogens with two attached hydrogens (primary N) is 1. The Morgan fingerprint density at radius 1 is 0.806 bits per heavy atom. The minimum atomic E-state index is -1.31. The van der Waals surface area contributed by atoms with Crippen LogP contribution in [0.1, 0.15) is 102 Å². The van der Waals surface area contributed by atoms with Gasteiger partial charge in [-0.05, 0) is 49.1 Å². The minimum absolute atomic E-state index is 0.0152. The first kappa shape index (κ1) is 48.8. The number of nitrogens with zero attached hydrogens (tertiary/aromatic N) is 1. The number of alkyl carbamates (subject to hydrolysis) is 1. The number of likely N-dealkylation sites (tertiary alicyclic amines) is 1. The molecule has 1 saturated carbocycles. The van der Waals surface area contributed by atoms with Crippen LogP contribution in [0.5, 0.6) is 0 Å². The molecule has 7 N–H and O–H groups in total. The molecule has 0 bridgehead atoms. The van der Waals surface area contributed by atoms with Gasteiger partial charge in [0.05, 0.1) is 31.9 Å². The van der Waals surface area contributed by atoms with Crippen molar-refractivity contribution in [3.8, 4) is 0 Å². The van der Waals surface area contributed by atoms with Crippen molar-refractivity contribution in [2.45, 2.75) is 122 Å². The van der Waals surface area contributed by atoms with Gasteiger partial charge in [-0.25, -0.2) is 4.79 Å². The molecule has 2 fully saturated rings. The monoisotopic (exact) mass is 861 g/mol. The van der Waals surface area contributed by atoms with E-state index < -0.39 is 78.2 Å². The lowest BCUT2D eigenvalue weighted by molar-refractivity contribution is -0.143. The Morgan fingerprint density at radius 3 is 2.13 bits per heavy atom. The predicted octanol–water partition coefficient (Wildman–Crippen LogP) is 2.71. The van der Waals surface area contributed by atoms with E-state index in [2.05, 4.69) is 26.6 Å². The van der Waals surface area contributed by atoms with E-state index in [0.717, 1.165) is 37.7 Å². The largest absolute Gasteiger partial charge is 0.449 e. The van der Waals surface area contributed by atoms with E-state index in [4.69, 9.17) is 15.2 Å². The standard InChI is InChI=1S/C45H63N7O10/c1-4-15-34(39(54)43(58)48-25-37(53)51-38(40(46)55)31-18-10-6-11-19-31)49-42(57)36-24-33(61-28-30-16-8-5-9-17-30)26-52(36)44(59)35(50-45(60)62-27-29(2)3)22-14-23-47-41(56)32-20-12-7-13-21-32/h5-6,8-11,16-19,29,32-36,38H,4,7,12-15,20-28H2,1-3H3,(H2,46,55)(H,47,56)(H,48,58)(H,49,57)(H,50,60)(H,51,53)/t33-,34?,35+,36+,38+/m1/s1. The van der Waals surface area contributed by atoms with Crippen molar-refractivity contribution in [2.75, 3.05) is 26.2 Å². The number of benzene rings is 2. The summed E-state index contributed by atoms with van der Waals surface area (Å²) in [6.07, 6.45) is 4.35. The third-order valence-electron chi connectivity index (χ3n) is 10.8. The zero-order valence-corrected chi connectivity index (χ0v) is 36.0. The molecule has 17 nitrogen and oxygen atoms in total. The molecule has 5 atom stereocenters. The maximum atomic E-state index is 14.5. The molecule has 1 heterocycles.